The number of aromatic carboxylic acids is 1. The van der Waals surface area contributed by atoms with Crippen LogP contribution >= 0.6 is 0 Å². The predicted octanol–water partition coefficient (Wildman–Crippen LogP) is 5.36. The van der Waals surface area contributed by atoms with Crippen LogP contribution < -0.4 is 10.1 Å². The number of likely N-dealkylation sites (N-methyl/N-ethyl adjacent to an activating group) is 1. The average Bonchev–Trinajstić information content (AvgIpc) is 3.14. The number of ether oxygens (including phenoxy) is 2. The van der Waals surface area contributed by atoms with Crippen molar-refractivity contribution in [1.82, 2.24) is 9.88 Å². The van der Waals surface area contributed by atoms with E-state index in [1.807, 2.05) is 31.3 Å². The van der Waals surface area contributed by atoms with Crippen LogP contribution in [0.4, 0.5) is 0 Å². The Hall–Kier alpha value is -2.83. The number of carbonyl (C=O) groups is 1. The van der Waals surface area contributed by atoms with Crippen LogP contribution in [0.5, 0.6) is 5.75 Å². The van der Waals surface area contributed by atoms with Gasteiger partial charge in [0, 0.05) is 23.0 Å². The normalized spacial score (nSPS) is 18.6. The van der Waals surface area contributed by atoms with Crippen LogP contribution in [-0.2, 0) is 11.3 Å². The number of aromatic nitrogens is 1. The molecule has 34 heavy (non-hydrogen) atoms. The molecule has 1 fully saturated rings. The van der Waals surface area contributed by atoms with Gasteiger partial charge in [0.25, 0.3) is 0 Å². The molecule has 6 heteroatoms. The summed E-state index contributed by atoms with van der Waals surface area (Å²) in [5.41, 5.74) is 6.13. The van der Waals surface area contributed by atoms with Gasteiger partial charge < -0.3 is 24.5 Å². The minimum atomic E-state index is -0.899. The van der Waals surface area contributed by atoms with Crippen LogP contribution in [0.1, 0.15) is 59.5 Å². The molecular weight excluding hydrogens is 428 g/mol. The van der Waals surface area contributed by atoms with E-state index in [-0.39, 0.29) is 6.10 Å². The summed E-state index contributed by atoms with van der Waals surface area (Å²) >= 11 is 0. The second-order valence-electron chi connectivity index (χ2n) is 9.60. The van der Waals surface area contributed by atoms with Crippen molar-refractivity contribution in [2.45, 2.75) is 57.6 Å². The number of carboxylic acids is 1. The summed E-state index contributed by atoms with van der Waals surface area (Å²) in [5, 5.41) is 14.0. The van der Waals surface area contributed by atoms with Crippen molar-refractivity contribution in [1.29, 1.82) is 0 Å². The summed E-state index contributed by atoms with van der Waals surface area (Å²) in [6.45, 7) is 4.58. The van der Waals surface area contributed by atoms with Gasteiger partial charge >= 0.3 is 5.97 Å². The van der Waals surface area contributed by atoms with Crippen molar-refractivity contribution in [3.8, 4) is 17.0 Å². The molecule has 2 N–H and O–H groups in total. The third kappa shape index (κ3) is 4.21. The second kappa shape index (κ2) is 9.80. The highest BCUT2D eigenvalue weighted by molar-refractivity contribution is 5.99. The maximum Gasteiger partial charge on any atom is 0.335 e. The van der Waals surface area contributed by atoms with E-state index >= 15 is 0 Å². The van der Waals surface area contributed by atoms with E-state index in [0.717, 1.165) is 41.6 Å². The first-order chi connectivity index (χ1) is 16.6. The molecule has 1 atom stereocenters. The molecule has 2 heterocycles. The van der Waals surface area contributed by atoms with Gasteiger partial charge in [-0.2, -0.15) is 0 Å². The molecule has 0 saturated heterocycles. The molecule has 1 aliphatic heterocycles. The van der Waals surface area contributed by atoms with Crippen molar-refractivity contribution in [3.05, 3.63) is 53.1 Å². The van der Waals surface area contributed by atoms with Gasteiger partial charge in [-0.1, -0.05) is 37.5 Å². The lowest BCUT2D eigenvalue weighted by molar-refractivity contribution is 0.0120. The zero-order valence-corrected chi connectivity index (χ0v) is 20.1. The zero-order chi connectivity index (χ0) is 23.7. The number of fused-ring (bicyclic) bond motifs is 5. The van der Waals surface area contributed by atoms with Crippen LogP contribution in [0, 0.1) is 6.92 Å². The van der Waals surface area contributed by atoms with Gasteiger partial charge in [0.15, 0.2) is 0 Å². The number of benzene rings is 2. The molecule has 0 bridgehead atoms. The molecular formula is C28H34N2O4. The molecule has 0 amide bonds. The van der Waals surface area contributed by atoms with E-state index in [9.17, 15) is 9.90 Å². The lowest BCUT2D eigenvalue weighted by atomic mass is 9.81. The topological polar surface area (TPSA) is 72.7 Å². The number of hydrogen-bond acceptors (Lipinski definition) is 4. The average molecular weight is 463 g/mol. The molecule has 0 spiro atoms. The fourth-order valence-corrected chi connectivity index (χ4v) is 5.71. The second-order valence-corrected chi connectivity index (χ2v) is 9.60. The number of rotatable bonds is 6. The lowest BCUT2D eigenvalue weighted by Crippen LogP contribution is -2.31. The minimum absolute atomic E-state index is 0.135. The third-order valence-corrected chi connectivity index (χ3v) is 7.35. The molecule has 1 aromatic heterocycles. The molecule has 0 radical (unpaired) electrons. The predicted molar refractivity (Wildman–Crippen MR) is 134 cm³/mol. The van der Waals surface area contributed by atoms with Crippen LogP contribution in [0.3, 0.4) is 0 Å². The van der Waals surface area contributed by atoms with Crippen molar-refractivity contribution in [2.24, 2.45) is 0 Å². The number of nitrogens with one attached hydrogen (secondary N) is 1. The monoisotopic (exact) mass is 462 g/mol. The first-order valence-electron chi connectivity index (χ1n) is 12.5. The van der Waals surface area contributed by atoms with Crippen LogP contribution in [-0.4, -0.2) is 48.6 Å². The van der Waals surface area contributed by atoms with E-state index in [1.54, 1.807) is 6.07 Å². The van der Waals surface area contributed by atoms with Gasteiger partial charge in [0.05, 0.1) is 24.4 Å². The highest BCUT2D eigenvalue weighted by Crippen LogP contribution is 2.48. The minimum Gasteiger partial charge on any atom is -0.490 e. The van der Waals surface area contributed by atoms with Gasteiger partial charge in [-0.05, 0) is 62.1 Å². The Bertz CT molecular complexity index is 1190. The molecule has 5 rings (SSSR count). The van der Waals surface area contributed by atoms with Crippen LogP contribution in [0.2, 0.25) is 0 Å². The van der Waals surface area contributed by atoms with E-state index in [4.69, 9.17) is 9.47 Å². The molecule has 2 aliphatic rings. The van der Waals surface area contributed by atoms with Crippen molar-refractivity contribution < 1.29 is 19.4 Å². The van der Waals surface area contributed by atoms with E-state index in [1.165, 1.54) is 36.1 Å². The van der Waals surface area contributed by atoms with Gasteiger partial charge in [0.1, 0.15) is 18.5 Å². The number of nitrogens with zero attached hydrogens (tertiary/aromatic N) is 1. The molecule has 180 valence electrons. The quantitative estimate of drug-likeness (QED) is 0.483. The summed E-state index contributed by atoms with van der Waals surface area (Å²) in [4.78, 5) is 11.9. The third-order valence-electron chi connectivity index (χ3n) is 7.35. The summed E-state index contributed by atoms with van der Waals surface area (Å²) < 4.78 is 14.9. The molecule has 2 aromatic carbocycles. The summed E-state index contributed by atoms with van der Waals surface area (Å²) in [6, 6.07) is 11.9. The Labute approximate surface area is 200 Å². The summed E-state index contributed by atoms with van der Waals surface area (Å²) in [5.74, 6) is 0.435. The first-order valence-corrected chi connectivity index (χ1v) is 12.5. The Morgan fingerprint density at radius 1 is 1.21 bits per heavy atom. The van der Waals surface area contributed by atoms with Crippen molar-refractivity contribution in [2.75, 3.05) is 26.8 Å². The van der Waals surface area contributed by atoms with E-state index in [2.05, 4.69) is 22.9 Å². The zero-order valence-electron chi connectivity index (χ0n) is 20.1. The summed E-state index contributed by atoms with van der Waals surface area (Å²) in [7, 11) is 1.92. The maximum atomic E-state index is 11.9. The molecule has 3 aromatic rings. The van der Waals surface area contributed by atoms with Gasteiger partial charge in [0.2, 0.25) is 0 Å². The summed E-state index contributed by atoms with van der Waals surface area (Å²) in [6.07, 6.45) is 5.94. The van der Waals surface area contributed by atoms with Gasteiger partial charge in [-0.3, -0.25) is 0 Å². The Morgan fingerprint density at radius 3 is 2.79 bits per heavy atom. The molecule has 1 aliphatic carbocycles. The molecule has 0 unspecified atom stereocenters. The largest absolute Gasteiger partial charge is 0.490 e. The Kier molecular flexibility index (Phi) is 6.61. The highest BCUT2D eigenvalue weighted by Gasteiger charge is 2.31. The number of aryl methyl sites for hydroxylation is 1. The van der Waals surface area contributed by atoms with Gasteiger partial charge in [-0.15, -0.1) is 0 Å². The fraction of sp³-hybridized carbons (Fsp3) is 0.464. The first kappa shape index (κ1) is 22.9. The highest BCUT2D eigenvalue weighted by atomic mass is 16.5. The maximum absolute atomic E-state index is 11.9. The van der Waals surface area contributed by atoms with Crippen molar-refractivity contribution >= 4 is 16.9 Å². The Balaban J connectivity index is 1.77. The number of carboxylic acid groups (broad SMARTS) is 1. The van der Waals surface area contributed by atoms with Crippen molar-refractivity contribution in [3.63, 3.8) is 0 Å². The molecule has 1 saturated carbocycles. The van der Waals surface area contributed by atoms with Crippen LogP contribution in [0.25, 0.3) is 22.2 Å². The van der Waals surface area contributed by atoms with E-state index < -0.39 is 5.97 Å². The fourth-order valence-electron chi connectivity index (χ4n) is 5.71. The van der Waals surface area contributed by atoms with Crippen LogP contribution in [0.15, 0.2) is 36.4 Å². The SMILES string of the molecule is CNCCO[C@@H]1COc2cccc(C)c2-c2c(C3CCCCC3)c3ccc(C(=O)O)cc3n2C1. The lowest BCUT2D eigenvalue weighted by Gasteiger charge is -2.29. The van der Waals surface area contributed by atoms with E-state index in [0.29, 0.717) is 31.2 Å². The molecule has 6 nitrogen and oxygen atoms in total. The smallest absolute Gasteiger partial charge is 0.335 e. The Morgan fingerprint density at radius 2 is 2.03 bits per heavy atom. The standard InChI is InChI=1S/C28H34N2O4/c1-18-7-6-10-24-25(18)27-26(19-8-4-3-5-9-19)22-12-11-20(28(31)32)15-23(22)30(27)16-21(17-34-24)33-14-13-29-2/h6-7,10-12,15,19,21,29H,3-5,8-9,13-14,16-17H2,1-2H3,(H,31,32)/t21-/m0/s1. The van der Waals surface area contributed by atoms with Gasteiger partial charge in [-0.25, -0.2) is 4.79 Å². The number of hydrogen-bond donors (Lipinski definition) is 2.